The average molecular weight is 261 g/mol. The van der Waals surface area contributed by atoms with E-state index in [1.807, 2.05) is 24.0 Å². The molecular formula is C15H23N3O. The first-order valence-corrected chi connectivity index (χ1v) is 7.14. The van der Waals surface area contributed by atoms with Gasteiger partial charge in [0.2, 0.25) is 5.91 Å². The van der Waals surface area contributed by atoms with Gasteiger partial charge in [0.15, 0.2) is 0 Å². The van der Waals surface area contributed by atoms with Gasteiger partial charge in [-0.05, 0) is 43.9 Å². The molecule has 2 unspecified atom stereocenters. The Labute approximate surface area is 115 Å². The first-order valence-electron chi connectivity index (χ1n) is 7.14. The van der Waals surface area contributed by atoms with Gasteiger partial charge < -0.3 is 10.6 Å². The third kappa shape index (κ3) is 3.32. The van der Waals surface area contributed by atoms with Gasteiger partial charge in [-0.1, -0.05) is 12.5 Å². The van der Waals surface area contributed by atoms with Crippen LogP contribution in [0.25, 0.3) is 0 Å². The molecule has 19 heavy (non-hydrogen) atoms. The van der Waals surface area contributed by atoms with Crippen LogP contribution in [0.1, 0.15) is 31.7 Å². The van der Waals surface area contributed by atoms with E-state index in [0.717, 1.165) is 24.9 Å². The maximum atomic E-state index is 12.4. The number of pyridine rings is 1. The fourth-order valence-electron chi connectivity index (χ4n) is 3.08. The Morgan fingerprint density at radius 3 is 3.00 bits per heavy atom. The van der Waals surface area contributed by atoms with E-state index in [4.69, 9.17) is 5.73 Å². The molecule has 2 rings (SSSR count). The van der Waals surface area contributed by atoms with Crippen LogP contribution in [0.5, 0.6) is 0 Å². The number of nitrogens with zero attached hydrogens (tertiary/aromatic N) is 2. The summed E-state index contributed by atoms with van der Waals surface area (Å²) in [6.45, 7) is 3.49. The molecule has 104 valence electrons. The zero-order chi connectivity index (χ0) is 13.7. The molecule has 0 bridgehead atoms. The molecule has 0 aliphatic heterocycles. The van der Waals surface area contributed by atoms with Crippen LogP contribution in [0.15, 0.2) is 24.5 Å². The number of amides is 1. The lowest BCUT2D eigenvalue weighted by atomic mass is 10.0. The van der Waals surface area contributed by atoms with Gasteiger partial charge in [0, 0.05) is 25.0 Å². The molecule has 0 saturated heterocycles. The molecule has 4 heteroatoms. The van der Waals surface area contributed by atoms with Gasteiger partial charge in [0.25, 0.3) is 0 Å². The highest BCUT2D eigenvalue weighted by molar-refractivity contribution is 5.79. The molecule has 1 aliphatic carbocycles. The minimum atomic E-state index is 0.195. The fourth-order valence-corrected chi connectivity index (χ4v) is 3.08. The predicted molar refractivity (Wildman–Crippen MR) is 75.5 cm³/mol. The maximum absolute atomic E-state index is 12.4. The number of rotatable bonds is 5. The summed E-state index contributed by atoms with van der Waals surface area (Å²) in [7, 11) is 0. The highest BCUT2D eigenvalue weighted by Crippen LogP contribution is 2.29. The minimum absolute atomic E-state index is 0.195. The standard InChI is InChI=1S/C15H23N3O/c1-2-18(14-7-3-6-13(14)10-16)15(19)9-12-5-4-8-17-11-12/h4-5,8,11,13-14H,2-3,6-7,9-10,16H2,1H3. The van der Waals surface area contributed by atoms with Crippen molar-refractivity contribution in [2.75, 3.05) is 13.1 Å². The lowest BCUT2D eigenvalue weighted by Gasteiger charge is -2.32. The highest BCUT2D eigenvalue weighted by atomic mass is 16.2. The summed E-state index contributed by atoms with van der Waals surface area (Å²) >= 11 is 0. The molecule has 1 aliphatic rings. The quantitative estimate of drug-likeness (QED) is 0.876. The van der Waals surface area contributed by atoms with E-state index >= 15 is 0 Å². The number of carbonyl (C=O) groups excluding carboxylic acids is 1. The second-order valence-electron chi connectivity index (χ2n) is 5.21. The van der Waals surface area contributed by atoms with E-state index in [0.29, 0.717) is 24.9 Å². The lowest BCUT2D eigenvalue weighted by Crippen LogP contribution is -2.44. The molecule has 2 atom stereocenters. The number of nitrogens with two attached hydrogens (primary N) is 1. The van der Waals surface area contributed by atoms with E-state index < -0.39 is 0 Å². The van der Waals surface area contributed by atoms with E-state index in [2.05, 4.69) is 4.98 Å². The van der Waals surface area contributed by atoms with Crippen LogP contribution in [0.3, 0.4) is 0 Å². The first-order chi connectivity index (χ1) is 9.26. The Balaban J connectivity index is 2.03. The van der Waals surface area contributed by atoms with Crippen LogP contribution >= 0.6 is 0 Å². The Bertz CT molecular complexity index is 407. The van der Waals surface area contributed by atoms with Crippen molar-refractivity contribution in [3.8, 4) is 0 Å². The van der Waals surface area contributed by atoms with Crippen molar-refractivity contribution < 1.29 is 4.79 Å². The molecule has 1 aromatic rings. The zero-order valence-corrected chi connectivity index (χ0v) is 11.6. The molecule has 0 aromatic carbocycles. The van der Waals surface area contributed by atoms with Crippen molar-refractivity contribution in [1.29, 1.82) is 0 Å². The van der Waals surface area contributed by atoms with E-state index in [1.54, 1.807) is 12.4 Å². The molecule has 4 nitrogen and oxygen atoms in total. The van der Waals surface area contributed by atoms with Crippen LogP contribution in [0.2, 0.25) is 0 Å². The minimum Gasteiger partial charge on any atom is -0.339 e. The van der Waals surface area contributed by atoms with E-state index in [-0.39, 0.29) is 5.91 Å². The first kappa shape index (κ1) is 14.0. The van der Waals surface area contributed by atoms with Crippen molar-refractivity contribution in [1.82, 2.24) is 9.88 Å². The Morgan fingerprint density at radius 2 is 2.37 bits per heavy atom. The topological polar surface area (TPSA) is 59.2 Å². The molecule has 1 aromatic heterocycles. The van der Waals surface area contributed by atoms with Gasteiger partial charge in [-0.25, -0.2) is 0 Å². The average Bonchev–Trinajstić information content (AvgIpc) is 2.89. The van der Waals surface area contributed by atoms with Gasteiger partial charge in [-0.3, -0.25) is 9.78 Å². The third-order valence-electron chi connectivity index (χ3n) is 4.06. The molecular weight excluding hydrogens is 238 g/mol. The zero-order valence-electron chi connectivity index (χ0n) is 11.6. The van der Waals surface area contributed by atoms with Gasteiger partial charge in [-0.15, -0.1) is 0 Å². The van der Waals surface area contributed by atoms with Crippen LogP contribution in [-0.4, -0.2) is 34.9 Å². The van der Waals surface area contributed by atoms with Gasteiger partial charge in [-0.2, -0.15) is 0 Å². The molecule has 1 amide bonds. The molecule has 0 spiro atoms. The monoisotopic (exact) mass is 261 g/mol. The van der Waals surface area contributed by atoms with E-state index in [9.17, 15) is 4.79 Å². The SMILES string of the molecule is CCN(C(=O)Cc1cccnc1)C1CCCC1CN. The van der Waals surface area contributed by atoms with E-state index in [1.165, 1.54) is 6.42 Å². The van der Waals surface area contributed by atoms with Crippen LogP contribution < -0.4 is 5.73 Å². The summed E-state index contributed by atoms with van der Waals surface area (Å²) in [5, 5.41) is 0. The Hall–Kier alpha value is -1.42. The fraction of sp³-hybridized carbons (Fsp3) is 0.600. The van der Waals surface area contributed by atoms with Crippen molar-refractivity contribution in [3.63, 3.8) is 0 Å². The van der Waals surface area contributed by atoms with Gasteiger partial charge in [0.05, 0.1) is 6.42 Å². The summed E-state index contributed by atoms with van der Waals surface area (Å²) in [5.41, 5.74) is 6.80. The van der Waals surface area contributed by atoms with Crippen LogP contribution in [-0.2, 0) is 11.2 Å². The summed E-state index contributed by atoms with van der Waals surface area (Å²) in [6, 6.07) is 4.16. The second-order valence-corrected chi connectivity index (χ2v) is 5.21. The highest BCUT2D eigenvalue weighted by Gasteiger charge is 2.32. The third-order valence-corrected chi connectivity index (χ3v) is 4.06. The number of likely N-dealkylation sites (N-methyl/N-ethyl adjacent to an activating group) is 1. The number of hydrogen-bond donors (Lipinski definition) is 1. The van der Waals surface area contributed by atoms with Crippen LogP contribution in [0, 0.1) is 5.92 Å². The van der Waals surface area contributed by atoms with Crippen molar-refractivity contribution in [2.24, 2.45) is 11.7 Å². The Kier molecular flexibility index (Phi) is 4.91. The lowest BCUT2D eigenvalue weighted by molar-refractivity contribution is -0.133. The summed E-state index contributed by atoms with van der Waals surface area (Å²) in [4.78, 5) is 18.5. The maximum Gasteiger partial charge on any atom is 0.227 e. The molecule has 1 fully saturated rings. The van der Waals surface area contributed by atoms with Crippen molar-refractivity contribution in [2.45, 2.75) is 38.6 Å². The van der Waals surface area contributed by atoms with Gasteiger partial charge >= 0.3 is 0 Å². The number of hydrogen-bond acceptors (Lipinski definition) is 3. The molecule has 1 saturated carbocycles. The smallest absolute Gasteiger partial charge is 0.227 e. The predicted octanol–water partition coefficient (Wildman–Crippen LogP) is 1.60. The largest absolute Gasteiger partial charge is 0.339 e. The summed E-state index contributed by atoms with van der Waals surface area (Å²) in [5.74, 6) is 0.665. The second kappa shape index (κ2) is 6.66. The normalized spacial score (nSPS) is 22.4. The number of aromatic nitrogens is 1. The van der Waals surface area contributed by atoms with Crippen LogP contribution in [0.4, 0.5) is 0 Å². The summed E-state index contributed by atoms with van der Waals surface area (Å²) < 4.78 is 0. The Morgan fingerprint density at radius 1 is 1.53 bits per heavy atom. The summed E-state index contributed by atoms with van der Waals surface area (Å²) in [6.07, 6.45) is 7.36. The molecule has 2 N–H and O–H groups in total. The van der Waals surface area contributed by atoms with Crippen molar-refractivity contribution >= 4 is 5.91 Å². The van der Waals surface area contributed by atoms with Crippen molar-refractivity contribution in [3.05, 3.63) is 30.1 Å². The number of carbonyl (C=O) groups is 1. The van der Waals surface area contributed by atoms with Gasteiger partial charge in [0.1, 0.15) is 0 Å². The molecule has 0 radical (unpaired) electrons. The molecule has 1 heterocycles.